The summed E-state index contributed by atoms with van der Waals surface area (Å²) in [6.45, 7) is 0. The van der Waals surface area contributed by atoms with Crippen molar-refractivity contribution >= 4 is 33.2 Å². The van der Waals surface area contributed by atoms with E-state index in [9.17, 15) is 13.2 Å². The minimum absolute atomic E-state index is 0.176. The van der Waals surface area contributed by atoms with Gasteiger partial charge in [0.1, 0.15) is 0 Å². The first-order chi connectivity index (χ1) is 13.8. The van der Waals surface area contributed by atoms with Crippen LogP contribution in [0.4, 0.5) is 5.69 Å². The predicted molar refractivity (Wildman–Crippen MR) is 117 cm³/mol. The molecule has 3 aromatic rings. The molecule has 0 saturated carbocycles. The van der Waals surface area contributed by atoms with Crippen LogP contribution in [-0.4, -0.2) is 27.6 Å². The standard InChI is InChI=1S/C22H21ClN2O3S/c1-25(29(2,27)28)18-13-14-19(20(23)15-18)22(26)24-21(16-9-5-3-6-10-16)17-11-7-4-8-12-17/h3-15,21H,1-2H3,(H,24,26). The largest absolute Gasteiger partial charge is 0.341 e. The Kier molecular flexibility index (Phi) is 6.25. The van der Waals surface area contributed by atoms with Crippen LogP contribution < -0.4 is 9.62 Å². The molecule has 0 aliphatic heterocycles. The molecule has 5 nitrogen and oxygen atoms in total. The number of halogens is 1. The lowest BCUT2D eigenvalue weighted by atomic mass is 9.98. The topological polar surface area (TPSA) is 66.5 Å². The second-order valence-corrected chi connectivity index (χ2v) is 9.04. The van der Waals surface area contributed by atoms with Gasteiger partial charge in [0.05, 0.1) is 28.6 Å². The number of carbonyl (C=O) groups is 1. The van der Waals surface area contributed by atoms with E-state index in [0.29, 0.717) is 5.69 Å². The van der Waals surface area contributed by atoms with Crippen molar-refractivity contribution in [2.75, 3.05) is 17.6 Å². The van der Waals surface area contributed by atoms with Gasteiger partial charge in [0, 0.05) is 7.05 Å². The van der Waals surface area contributed by atoms with Crippen LogP contribution in [-0.2, 0) is 10.0 Å². The number of nitrogens with one attached hydrogen (secondary N) is 1. The lowest BCUT2D eigenvalue weighted by molar-refractivity contribution is 0.0943. The Labute approximate surface area is 176 Å². The summed E-state index contributed by atoms with van der Waals surface area (Å²) in [6, 6.07) is 23.5. The van der Waals surface area contributed by atoms with Gasteiger partial charge in [-0.15, -0.1) is 0 Å². The molecule has 0 aromatic heterocycles. The summed E-state index contributed by atoms with van der Waals surface area (Å²) in [6.07, 6.45) is 1.10. The monoisotopic (exact) mass is 428 g/mol. The van der Waals surface area contributed by atoms with Gasteiger partial charge in [-0.1, -0.05) is 72.3 Å². The lowest BCUT2D eigenvalue weighted by Gasteiger charge is -2.21. The lowest BCUT2D eigenvalue weighted by Crippen LogP contribution is -2.30. The Morgan fingerprint density at radius 3 is 1.90 bits per heavy atom. The average molecular weight is 429 g/mol. The summed E-state index contributed by atoms with van der Waals surface area (Å²) >= 11 is 6.31. The summed E-state index contributed by atoms with van der Waals surface area (Å²) < 4.78 is 24.6. The predicted octanol–water partition coefficient (Wildman–Crippen LogP) is 4.26. The molecule has 0 unspecified atom stereocenters. The summed E-state index contributed by atoms with van der Waals surface area (Å²) in [5, 5.41) is 3.21. The number of hydrogen-bond acceptors (Lipinski definition) is 3. The van der Waals surface area contributed by atoms with Crippen molar-refractivity contribution in [2.24, 2.45) is 0 Å². The number of amides is 1. The van der Waals surface area contributed by atoms with Crippen LogP contribution in [0.5, 0.6) is 0 Å². The van der Waals surface area contributed by atoms with Crippen molar-refractivity contribution in [3.05, 3.63) is 101 Å². The zero-order valence-corrected chi connectivity index (χ0v) is 17.6. The Morgan fingerprint density at radius 1 is 0.931 bits per heavy atom. The number of benzene rings is 3. The molecule has 0 atom stereocenters. The number of rotatable bonds is 6. The highest BCUT2D eigenvalue weighted by Crippen LogP contribution is 2.27. The van der Waals surface area contributed by atoms with Crippen molar-refractivity contribution in [1.29, 1.82) is 0 Å². The Bertz CT molecular complexity index is 1060. The minimum atomic E-state index is -3.42. The summed E-state index contributed by atoms with van der Waals surface area (Å²) in [5.41, 5.74) is 2.54. The van der Waals surface area contributed by atoms with Crippen molar-refractivity contribution < 1.29 is 13.2 Å². The van der Waals surface area contributed by atoms with Crippen LogP contribution in [0.1, 0.15) is 27.5 Å². The minimum Gasteiger partial charge on any atom is -0.341 e. The van der Waals surface area contributed by atoms with E-state index < -0.39 is 10.0 Å². The third-order valence-electron chi connectivity index (χ3n) is 4.60. The van der Waals surface area contributed by atoms with Gasteiger partial charge in [0.2, 0.25) is 10.0 Å². The van der Waals surface area contributed by atoms with Crippen LogP contribution >= 0.6 is 11.6 Å². The van der Waals surface area contributed by atoms with Crippen molar-refractivity contribution in [3.63, 3.8) is 0 Å². The van der Waals surface area contributed by atoms with E-state index in [0.717, 1.165) is 21.7 Å². The Hall–Kier alpha value is -2.83. The second-order valence-electron chi connectivity index (χ2n) is 6.62. The maximum Gasteiger partial charge on any atom is 0.253 e. The molecule has 0 saturated heterocycles. The van der Waals surface area contributed by atoms with E-state index >= 15 is 0 Å². The van der Waals surface area contributed by atoms with Gasteiger partial charge in [0.15, 0.2) is 0 Å². The molecule has 3 aromatic carbocycles. The molecule has 7 heteroatoms. The Balaban J connectivity index is 1.91. The first-order valence-corrected chi connectivity index (χ1v) is 11.1. The number of carbonyl (C=O) groups excluding carboxylic acids is 1. The van der Waals surface area contributed by atoms with E-state index in [1.807, 2.05) is 60.7 Å². The summed E-state index contributed by atoms with van der Waals surface area (Å²) in [5.74, 6) is -0.346. The molecule has 3 rings (SSSR count). The fraction of sp³-hybridized carbons (Fsp3) is 0.136. The molecule has 0 bridgehead atoms. The number of nitrogens with zero attached hydrogens (tertiary/aromatic N) is 1. The summed E-state index contributed by atoms with van der Waals surface area (Å²) in [7, 11) is -1.99. The number of sulfonamides is 1. The van der Waals surface area contributed by atoms with E-state index in [1.165, 1.54) is 19.2 Å². The van der Waals surface area contributed by atoms with Crippen molar-refractivity contribution in [3.8, 4) is 0 Å². The van der Waals surface area contributed by atoms with Gasteiger partial charge >= 0.3 is 0 Å². The first-order valence-electron chi connectivity index (χ1n) is 8.91. The van der Waals surface area contributed by atoms with Crippen LogP contribution in [0, 0.1) is 0 Å². The Morgan fingerprint density at radius 2 is 1.45 bits per heavy atom. The highest BCUT2D eigenvalue weighted by Gasteiger charge is 2.20. The van der Waals surface area contributed by atoms with E-state index in [4.69, 9.17) is 11.6 Å². The molecule has 0 radical (unpaired) electrons. The van der Waals surface area contributed by atoms with Gasteiger partial charge in [-0.25, -0.2) is 8.42 Å². The molecule has 0 heterocycles. The van der Waals surface area contributed by atoms with Crippen molar-refractivity contribution in [2.45, 2.75) is 6.04 Å². The van der Waals surface area contributed by atoms with Crippen molar-refractivity contribution in [1.82, 2.24) is 5.32 Å². The zero-order chi connectivity index (χ0) is 21.0. The van der Waals surface area contributed by atoms with Crippen LogP contribution in [0.2, 0.25) is 5.02 Å². The van der Waals surface area contributed by atoms with Gasteiger partial charge in [-0.3, -0.25) is 9.10 Å². The number of hydrogen-bond donors (Lipinski definition) is 1. The van der Waals surface area contributed by atoms with E-state index in [2.05, 4.69) is 5.32 Å². The number of anilines is 1. The molecule has 1 N–H and O–H groups in total. The molecule has 0 spiro atoms. The maximum atomic E-state index is 13.0. The fourth-order valence-electron chi connectivity index (χ4n) is 2.93. The highest BCUT2D eigenvalue weighted by atomic mass is 35.5. The molecule has 150 valence electrons. The molecule has 0 fully saturated rings. The average Bonchev–Trinajstić information content (AvgIpc) is 2.71. The van der Waals surface area contributed by atoms with Crippen LogP contribution in [0.15, 0.2) is 78.9 Å². The van der Waals surface area contributed by atoms with Crippen LogP contribution in [0.25, 0.3) is 0 Å². The SMILES string of the molecule is CN(c1ccc(C(=O)NC(c2ccccc2)c2ccccc2)c(Cl)c1)S(C)(=O)=O. The van der Waals surface area contributed by atoms with Crippen LogP contribution in [0.3, 0.4) is 0 Å². The van der Waals surface area contributed by atoms with Gasteiger partial charge in [-0.2, -0.15) is 0 Å². The summed E-state index contributed by atoms with van der Waals surface area (Å²) in [4.78, 5) is 13.0. The molecule has 0 aliphatic rings. The normalized spacial score (nSPS) is 11.3. The molecular formula is C22H21ClN2O3S. The highest BCUT2D eigenvalue weighted by molar-refractivity contribution is 7.92. The molecule has 29 heavy (non-hydrogen) atoms. The zero-order valence-electron chi connectivity index (χ0n) is 16.0. The van der Waals surface area contributed by atoms with Gasteiger partial charge < -0.3 is 5.32 Å². The first kappa shape index (κ1) is 20.9. The molecule has 1 amide bonds. The third-order valence-corrected chi connectivity index (χ3v) is 6.12. The van der Waals surface area contributed by atoms with Gasteiger partial charge in [0.25, 0.3) is 5.91 Å². The smallest absolute Gasteiger partial charge is 0.253 e. The maximum absolute atomic E-state index is 13.0. The van der Waals surface area contributed by atoms with E-state index in [-0.39, 0.29) is 22.5 Å². The quantitative estimate of drug-likeness (QED) is 0.638. The fourth-order valence-corrected chi connectivity index (χ4v) is 3.69. The van der Waals surface area contributed by atoms with E-state index in [1.54, 1.807) is 6.07 Å². The third kappa shape index (κ3) is 4.96. The molecule has 0 aliphatic carbocycles. The molecular weight excluding hydrogens is 408 g/mol. The second kappa shape index (κ2) is 8.68. The van der Waals surface area contributed by atoms with Gasteiger partial charge in [-0.05, 0) is 29.3 Å².